The lowest BCUT2D eigenvalue weighted by Crippen LogP contribution is -2.41. The molecule has 1 aromatic rings. The van der Waals surface area contributed by atoms with Gasteiger partial charge in [-0.1, -0.05) is 19.1 Å². The average Bonchev–Trinajstić information content (AvgIpc) is 2.62. The van der Waals surface area contributed by atoms with Gasteiger partial charge in [0.05, 0.1) is 13.0 Å². The van der Waals surface area contributed by atoms with Crippen molar-refractivity contribution in [2.75, 3.05) is 32.8 Å². The monoisotopic (exact) mass is 364 g/mol. The quantitative estimate of drug-likeness (QED) is 0.602. The molecule has 0 atom stereocenters. The molecule has 0 aromatic heterocycles. The van der Waals surface area contributed by atoms with Crippen LogP contribution in [0.5, 0.6) is 5.75 Å². The van der Waals surface area contributed by atoms with Crippen molar-refractivity contribution in [2.24, 2.45) is 0 Å². The van der Waals surface area contributed by atoms with Crippen molar-refractivity contribution < 1.29 is 23.9 Å². The molecule has 0 spiro atoms. The number of nitrogens with one attached hydrogen (secondary N) is 1. The first-order chi connectivity index (χ1) is 12.5. The second-order valence-corrected chi connectivity index (χ2v) is 5.70. The van der Waals surface area contributed by atoms with Crippen molar-refractivity contribution in [3.8, 4) is 5.75 Å². The zero-order valence-corrected chi connectivity index (χ0v) is 15.7. The van der Waals surface area contributed by atoms with E-state index in [-0.39, 0.29) is 37.4 Å². The molecule has 0 bridgehead atoms. The third-order valence-corrected chi connectivity index (χ3v) is 3.69. The zero-order chi connectivity index (χ0) is 19.4. The van der Waals surface area contributed by atoms with Crippen LogP contribution in [0.25, 0.3) is 0 Å². The summed E-state index contributed by atoms with van der Waals surface area (Å²) in [5, 5.41) is 2.64. The Morgan fingerprint density at radius 1 is 1.08 bits per heavy atom. The lowest BCUT2D eigenvalue weighted by atomic mass is 10.2. The first-order valence-electron chi connectivity index (χ1n) is 8.85. The van der Waals surface area contributed by atoms with Crippen molar-refractivity contribution in [2.45, 2.75) is 33.6 Å². The van der Waals surface area contributed by atoms with Gasteiger partial charge in [0.15, 0.2) is 6.61 Å². The van der Waals surface area contributed by atoms with Gasteiger partial charge in [-0.15, -0.1) is 0 Å². The summed E-state index contributed by atoms with van der Waals surface area (Å²) in [5.74, 6) is -0.169. The second-order valence-electron chi connectivity index (χ2n) is 5.70. The summed E-state index contributed by atoms with van der Waals surface area (Å²) in [4.78, 5) is 36.4. The second kappa shape index (κ2) is 11.9. The van der Waals surface area contributed by atoms with Crippen molar-refractivity contribution in [1.82, 2.24) is 10.2 Å². The maximum atomic E-state index is 12.4. The van der Waals surface area contributed by atoms with Gasteiger partial charge >= 0.3 is 5.97 Å². The molecule has 0 radical (unpaired) electrons. The van der Waals surface area contributed by atoms with E-state index in [0.29, 0.717) is 25.4 Å². The normalized spacial score (nSPS) is 10.1. The standard InChI is InChI=1S/C19H28N2O5/c1-4-16-6-8-17(9-7-16)26-14-18(23)21(13-11-20-15(3)22)12-10-19(24)25-5-2/h6-9H,4-5,10-14H2,1-3H3,(H,20,22). The van der Waals surface area contributed by atoms with Gasteiger partial charge in [0, 0.05) is 26.6 Å². The minimum absolute atomic E-state index is 0.102. The van der Waals surface area contributed by atoms with Crippen molar-refractivity contribution in [1.29, 1.82) is 0 Å². The number of rotatable bonds is 11. The summed E-state index contributed by atoms with van der Waals surface area (Å²) in [6, 6.07) is 7.56. The highest BCUT2D eigenvalue weighted by Gasteiger charge is 2.16. The van der Waals surface area contributed by atoms with Gasteiger partial charge in [-0.05, 0) is 31.0 Å². The van der Waals surface area contributed by atoms with Crippen molar-refractivity contribution in [3.05, 3.63) is 29.8 Å². The molecule has 0 saturated carbocycles. The van der Waals surface area contributed by atoms with E-state index in [1.54, 1.807) is 6.92 Å². The van der Waals surface area contributed by atoms with Gasteiger partial charge in [-0.25, -0.2) is 0 Å². The van der Waals surface area contributed by atoms with Gasteiger partial charge in [-0.2, -0.15) is 0 Å². The Kier molecular flexibility index (Phi) is 9.82. The largest absolute Gasteiger partial charge is 0.484 e. The molecule has 0 fully saturated rings. The fraction of sp³-hybridized carbons (Fsp3) is 0.526. The molecule has 0 aliphatic rings. The highest BCUT2D eigenvalue weighted by molar-refractivity contribution is 5.79. The molecular weight excluding hydrogens is 336 g/mol. The Morgan fingerprint density at radius 3 is 2.35 bits per heavy atom. The van der Waals surface area contributed by atoms with E-state index >= 15 is 0 Å². The Labute approximate surface area is 154 Å². The van der Waals surface area contributed by atoms with Crippen molar-refractivity contribution in [3.63, 3.8) is 0 Å². The summed E-state index contributed by atoms with van der Waals surface area (Å²) in [5.41, 5.74) is 1.19. The topological polar surface area (TPSA) is 84.9 Å². The molecule has 0 aliphatic carbocycles. The van der Waals surface area contributed by atoms with E-state index in [9.17, 15) is 14.4 Å². The number of nitrogens with zero attached hydrogens (tertiary/aromatic N) is 1. The smallest absolute Gasteiger partial charge is 0.307 e. The van der Waals surface area contributed by atoms with Crippen LogP contribution in [0.3, 0.4) is 0 Å². The van der Waals surface area contributed by atoms with Crippen LogP contribution in [0, 0.1) is 0 Å². The molecule has 1 N–H and O–H groups in total. The van der Waals surface area contributed by atoms with Crippen molar-refractivity contribution >= 4 is 17.8 Å². The van der Waals surface area contributed by atoms with Gasteiger partial charge in [0.25, 0.3) is 5.91 Å². The first-order valence-corrected chi connectivity index (χ1v) is 8.85. The number of ether oxygens (including phenoxy) is 2. The Balaban J connectivity index is 2.56. The number of benzene rings is 1. The Morgan fingerprint density at radius 2 is 1.77 bits per heavy atom. The van der Waals surface area contributed by atoms with Crippen LogP contribution in [-0.2, 0) is 25.5 Å². The molecule has 26 heavy (non-hydrogen) atoms. The molecule has 7 nitrogen and oxygen atoms in total. The summed E-state index contributed by atoms with van der Waals surface area (Å²) in [7, 11) is 0. The van der Waals surface area contributed by atoms with Crippen LogP contribution in [0.1, 0.15) is 32.8 Å². The molecule has 7 heteroatoms. The minimum atomic E-state index is -0.360. The lowest BCUT2D eigenvalue weighted by molar-refractivity contribution is -0.144. The van der Waals surface area contributed by atoms with E-state index < -0.39 is 0 Å². The molecule has 0 aliphatic heterocycles. The van der Waals surface area contributed by atoms with Gasteiger partial charge in [-0.3, -0.25) is 14.4 Å². The SMILES string of the molecule is CCOC(=O)CCN(CCNC(C)=O)C(=O)COc1ccc(CC)cc1. The minimum Gasteiger partial charge on any atom is -0.484 e. The number of aryl methyl sites for hydroxylation is 1. The molecule has 144 valence electrons. The Bertz CT molecular complexity index is 586. The van der Waals surface area contributed by atoms with Crippen LogP contribution in [0.4, 0.5) is 0 Å². The van der Waals surface area contributed by atoms with Crippen LogP contribution >= 0.6 is 0 Å². The van der Waals surface area contributed by atoms with Gasteiger partial charge in [0.1, 0.15) is 5.75 Å². The fourth-order valence-electron chi connectivity index (χ4n) is 2.25. The number of hydrogen-bond donors (Lipinski definition) is 1. The maximum Gasteiger partial charge on any atom is 0.307 e. The van der Waals surface area contributed by atoms with Gasteiger partial charge < -0.3 is 19.7 Å². The number of carbonyl (C=O) groups is 3. The van der Waals surface area contributed by atoms with Crippen LogP contribution in [0.2, 0.25) is 0 Å². The molecule has 0 unspecified atom stereocenters. The number of hydrogen-bond acceptors (Lipinski definition) is 5. The molecular formula is C19H28N2O5. The lowest BCUT2D eigenvalue weighted by Gasteiger charge is -2.22. The number of amides is 2. The van der Waals surface area contributed by atoms with Crippen LogP contribution < -0.4 is 10.1 Å². The summed E-state index contributed by atoms with van der Waals surface area (Å²) in [6.45, 7) is 6.21. The molecule has 0 saturated heterocycles. The molecule has 1 aromatic carbocycles. The Hall–Kier alpha value is -2.57. The summed E-state index contributed by atoms with van der Waals surface area (Å²) < 4.78 is 10.4. The molecule has 1 rings (SSSR count). The highest BCUT2D eigenvalue weighted by atomic mass is 16.5. The number of esters is 1. The predicted octanol–water partition coefficient (Wildman–Crippen LogP) is 1.55. The summed E-state index contributed by atoms with van der Waals surface area (Å²) >= 11 is 0. The zero-order valence-electron chi connectivity index (χ0n) is 15.7. The average molecular weight is 364 g/mol. The van der Waals surface area contributed by atoms with E-state index in [0.717, 1.165) is 6.42 Å². The van der Waals surface area contributed by atoms with Crippen LogP contribution in [0.15, 0.2) is 24.3 Å². The first kappa shape index (κ1) is 21.5. The van der Waals surface area contributed by atoms with E-state index in [2.05, 4.69) is 12.2 Å². The predicted molar refractivity (Wildman–Crippen MR) is 97.8 cm³/mol. The third-order valence-electron chi connectivity index (χ3n) is 3.69. The van der Waals surface area contributed by atoms with E-state index in [1.807, 2.05) is 24.3 Å². The van der Waals surface area contributed by atoms with E-state index in [1.165, 1.54) is 17.4 Å². The number of carbonyl (C=O) groups excluding carboxylic acids is 3. The maximum absolute atomic E-state index is 12.4. The van der Waals surface area contributed by atoms with Crippen LogP contribution in [-0.4, -0.2) is 55.5 Å². The molecule has 0 heterocycles. The van der Waals surface area contributed by atoms with E-state index in [4.69, 9.17) is 9.47 Å². The third kappa shape index (κ3) is 8.50. The molecule has 2 amide bonds. The van der Waals surface area contributed by atoms with Gasteiger partial charge in [0.2, 0.25) is 5.91 Å². The highest BCUT2D eigenvalue weighted by Crippen LogP contribution is 2.12. The fourth-order valence-corrected chi connectivity index (χ4v) is 2.25. The summed E-state index contributed by atoms with van der Waals surface area (Å²) in [6.07, 6.45) is 1.04.